The number of aromatic hydroxyl groups is 1. The second-order valence-electron chi connectivity index (χ2n) is 7.29. The van der Waals surface area contributed by atoms with Crippen molar-refractivity contribution in [1.29, 1.82) is 0 Å². The monoisotopic (exact) mass is 467 g/mol. The van der Waals surface area contributed by atoms with Gasteiger partial charge in [0.1, 0.15) is 5.75 Å². The van der Waals surface area contributed by atoms with Gasteiger partial charge in [0.15, 0.2) is 0 Å². The highest BCUT2D eigenvalue weighted by Gasteiger charge is 2.38. The lowest BCUT2D eigenvalue weighted by Crippen LogP contribution is -2.41. The molecule has 13 heteroatoms. The maximum Gasteiger partial charge on any atom is 0.331 e. The number of nitro benzene ring substituents is 1. The number of hydrogen-bond acceptors (Lipinski definition) is 8. The maximum atomic E-state index is 13.3. The van der Waals surface area contributed by atoms with E-state index in [9.17, 15) is 34.4 Å². The van der Waals surface area contributed by atoms with E-state index in [0.717, 1.165) is 21.3 Å². The van der Waals surface area contributed by atoms with E-state index in [1.807, 2.05) is 0 Å². The van der Waals surface area contributed by atoms with Crippen LogP contribution in [0.2, 0.25) is 0 Å². The lowest BCUT2D eigenvalue weighted by atomic mass is 9.84. The first-order valence-electron chi connectivity index (χ1n) is 9.80. The molecule has 2 aromatic heterocycles. The molecule has 13 nitrogen and oxygen atoms in total. The molecule has 1 aliphatic rings. The van der Waals surface area contributed by atoms with Gasteiger partial charge in [-0.2, -0.15) is 0 Å². The van der Waals surface area contributed by atoms with Gasteiger partial charge in [-0.3, -0.25) is 38.8 Å². The number of rotatable bonds is 6. The lowest BCUT2D eigenvalue weighted by molar-refractivity contribution is -0.384. The van der Waals surface area contributed by atoms with E-state index >= 15 is 0 Å². The number of allylic oxidation sites excluding steroid dienone is 2. The Morgan fingerprint density at radius 3 is 2.35 bits per heavy atom. The fourth-order valence-electron chi connectivity index (χ4n) is 3.86. The van der Waals surface area contributed by atoms with Crippen LogP contribution in [0, 0.1) is 10.1 Å². The zero-order valence-corrected chi connectivity index (χ0v) is 17.4. The summed E-state index contributed by atoms with van der Waals surface area (Å²) in [6.45, 7) is 6.64. The van der Waals surface area contributed by atoms with E-state index in [2.05, 4.69) is 23.1 Å². The summed E-state index contributed by atoms with van der Waals surface area (Å²) in [4.78, 5) is 66.1. The summed E-state index contributed by atoms with van der Waals surface area (Å²) in [6.07, 6.45) is 2.60. The van der Waals surface area contributed by atoms with Crippen LogP contribution >= 0.6 is 0 Å². The Bertz CT molecular complexity index is 1610. The Balaban J connectivity index is 2.17. The average Bonchev–Trinajstić information content (AvgIpc) is 2.78. The number of nitro groups is 1. The van der Waals surface area contributed by atoms with Crippen molar-refractivity contribution in [2.45, 2.75) is 19.0 Å². The van der Waals surface area contributed by atoms with Crippen LogP contribution in [0.4, 0.5) is 5.69 Å². The quantitative estimate of drug-likeness (QED) is 0.210. The molecule has 0 spiro atoms. The second kappa shape index (κ2) is 8.20. The number of non-ortho nitro benzene ring substituents is 1. The van der Waals surface area contributed by atoms with E-state index in [0.29, 0.717) is 0 Å². The normalized spacial score (nSPS) is 13.9. The van der Waals surface area contributed by atoms with E-state index < -0.39 is 44.8 Å². The van der Waals surface area contributed by atoms with Crippen LogP contribution in [0.5, 0.6) is 17.5 Å². The molecule has 0 radical (unpaired) electrons. The van der Waals surface area contributed by atoms with Gasteiger partial charge in [-0.05, 0) is 6.07 Å². The molecule has 0 saturated heterocycles. The summed E-state index contributed by atoms with van der Waals surface area (Å²) in [5.74, 6) is -2.51. The summed E-state index contributed by atoms with van der Waals surface area (Å²) in [6, 6.07) is 3.47. The van der Waals surface area contributed by atoms with Gasteiger partial charge >= 0.3 is 11.4 Å². The van der Waals surface area contributed by atoms with Crippen molar-refractivity contribution in [3.8, 4) is 17.5 Å². The minimum Gasteiger partial charge on any atom is -0.494 e. The van der Waals surface area contributed by atoms with E-state index in [1.54, 1.807) is 0 Å². The summed E-state index contributed by atoms with van der Waals surface area (Å²) in [7, 11) is 0. The largest absolute Gasteiger partial charge is 0.494 e. The van der Waals surface area contributed by atoms with Crippen molar-refractivity contribution in [2.75, 3.05) is 0 Å². The third kappa shape index (κ3) is 3.35. The zero-order valence-electron chi connectivity index (χ0n) is 17.4. The number of benzene rings is 1. The Hall–Kier alpha value is -4.94. The van der Waals surface area contributed by atoms with Crippen molar-refractivity contribution >= 4 is 5.69 Å². The number of aromatic amines is 2. The van der Waals surface area contributed by atoms with Crippen LogP contribution in [0.25, 0.3) is 0 Å². The highest BCUT2D eigenvalue weighted by molar-refractivity contribution is 5.59. The predicted octanol–water partition coefficient (Wildman–Crippen LogP) is 0.658. The fourth-order valence-corrected chi connectivity index (χ4v) is 3.86. The smallest absolute Gasteiger partial charge is 0.331 e. The summed E-state index contributed by atoms with van der Waals surface area (Å²) >= 11 is 0. The molecule has 0 aliphatic carbocycles. The third-order valence-corrected chi connectivity index (χ3v) is 5.32. The summed E-state index contributed by atoms with van der Waals surface area (Å²) in [5, 5.41) is 22.3. The van der Waals surface area contributed by atoms with Gasteiger partial charge in [-0.1, -0.05) is 12.2 Å². The predicted molar refractivity (Wildman–Crippen MR) is 119 cm³/mol. The molecule has 174 valence electrons. The average molecular weight is 467 g/mol. The van der Waals surface area contributed by atoms with Crippen molar-refractivity contribution in [3.63, 3.8) is 0 Å². The van der Waals surface area contributed by atoms with Crippen molar-refractivity contribution in [2.24, 2.45) is 0 Å². The Morgan fingerprint density at radius 1 is 1.06 bits per heavy atom. The molecule has 34 heavy (non-hydrogen) atoms. The summed E-state index contributed by atoms with van der Waals surface area (Å²) in [5.41, 5.74) is -4.73. The topological polar surface area (TPSA) is 182 Å². The van der Waals surface area contributed by atoms with E-state index in [4.69, 9.17) is 4.74 Å². The molecule has 0 bridgehead atoms. The van der Waals surface area contributed by atoms with Crippen LogP contribution in [0.1, 0.15) is 22.6 Å². The highest BCUT2D eigenvalue weighted by atomic mass is 16.6. The molecule has 3 N–H and O–H groups in total. The zero-order chi connectivity index (χ0) is 24.7. The minimum absolute atomic E-state index is 0.000101. The number of nitrogens with zero attached hydrogens (tertiary/aromatic N) is 3. The van der Waals surface area contributed by atoms with Gasteiger partial charge in [0.05, 0.1) is 22.0 Å². The first-order chi connectivity index (χ1) is 16.2. The van der Waals surface area contributed by atoms with Crippen molar-refractivity contribution < 1.29 is 14.8 Å². The van der Waals surface area contributed by atoms with E-state index in [-0.39, 0.29) is 41.5 Å². The molecule has 3 aromatic rings. The van der Waals surface area contributed by atoms with Crippen LogP contribution in [0.3, 0.4) is 0 Å². The molecular formula is C21H17N5O8. The van der Waals surface area contributed by atoms with Gasteiger partial charge in [-0.15, -0.1) is 13.2 Å². The molecule has 1 atom stereocenters. The van der Waals surface area contributed by atoms with Crippen LogP contribution in [-0.4, -0.2) is 29.1 Å². The molecule has 3 heterocycles. The van der Waals surface area contributed by atoms with Gasteiger partial charge in [0.2, 0.25) is 11.8 Å². The third-order valence-electron chi connectivity index (χ3n) is 5.32. The Morgan fingerprint density at radius 2 is 1.71 bits per heavy atom. The van der Waals surface area contributed by atoms with Gasteiger partial charge in [-0.25, -0.2) is 9.59 Å². The Kier molecular flexibility index (Phi) is 5.37. The standard InChI is InChI=1S/C21H17N5O8/c1-3-7-24-18(28)14(16(27)22-20(24)30)13-11-9-10(26(32)33)5-6-12(11)34-17-15(13)19(29)25(8-4-2)21(31)23-17/h3-6,9,13,28H,1-2,7-8H2,(H,23,31)(H,22,27,30). The molecule has 0 saturated carbocycles. The molecule has 4 rings (SSSR count). The number of H-pyrrole nitrogens is 2. The molecule has 1 aliphatic heterocycles. The van der Waals surface area contributed by atoms with Gasteiger partial charge in [0, 0.05) is 30.8 Å². The second-order valence-corrected chi connectivity index (χ2v) is 7.29. The van der Waals surface area contributed by atoms with Crippen molar-refractivity contribution in [1.82, 2.24) is 19.1 Å². The first kappa shape index (κ1) is 22.3. The maximum absolute atomic E-state index is 13.3. The molecule has 1 unspecified atom stereocenters. The molecule has 1 aromatic carbocycles. The number of aromatic nitrogens is 4. The number of hydrogen-bond donors (Lipinski definition) is 3. The molecule has 0 amide bonds. The van der Waals surface area contributed by atoms with Crippen molar-refractivity contribution in [3.05, 3.63) is 112 Å². The minimum atomic E-state index is -1.43. The fraction of sp³-hybridized carbons (Fsp3) is 0.143. The first-order valence-corrected chi connectivity index (χ1v) is 9.80. The molecule has 0 fully saturated rings. The van der Waals surface area contributed by atoms with Crippen LogP contribution in [-0.2, 0) is 13.1 Å². The lowest BCUT2D eigenvalue weighted by Gasteiger charge is -2.27. The highest BCUT2D eigenvalue weighted by Crippen LogP contribution is 2.46. The summed E-state index contributed by atoms with van der Waals surface area (Å²) < 4.78 is 7.24. The van der Waals surface area contributed by atoms with Gasteiger partial charge in [0.25, 0.3) is 16.8 Å². The Labute approximate surface area is 188 Å². The van der Waals surface area contributed by atoms with Gasteiger partial charge < -0.3 is 9.84 Å². The van der Waals surface area contributed by atoms with E-state index in [1.165, 1.54) is 18.2 Å². The number of ether oxygens (including phenoxy) is 1. The SMILES string of the molecule is C=CCn1c(O)c(C2c3cc([N+](=O)[O-])ccc3Oc3[nH]c(=O)n(CC=C)c(=O)c32)c(=O)[nH]c1=O. The number of nitrogens with one attached hydrogen (secondary N) is 2. The van der Waals surface area contributed by atoms with Crippen LogP contribution < -0.4 is 27.2 Å². The molecular weight excluding hydrogens is 450 g/mol. The number of fused-ring (bicyclic) bond motifs is 2. The van der Waals surface area contributed by atoms with Crippen LogP contribution in [0.15, 0.2) is 62.7 Å².